The van der Waals surface area contributed by atoms with Crippen molar-refractivity contribution in [3.8, 4) is 5.69 Å². The first kappa shape index (κ1) is 13.4. The fraction of sp³-hybridized carbons (Fsp3) is 0.357. The topological polar surface area (TPSA) is 99.8 Å². The van der Waals surface area contributed by atoms with Gasteiger partial charge >= 0.3 is 11.4 Å². The fourth-order valence-corrected chi connectivity index (χ4v) is 2.46. The van der Waals surface area contributed by atoms with Crippen LogP contribution in [0.3, 0.4) is 0 Å². The number of aromatic nitrogens is 3. The molecule has 1 aromatic carbocycles. The average Bonchev–Trinajstić information content (AvgIpc) is 2.76. The van der Waals surface area contributed by atoms with Gasteiger partial charge in [-0.1, -0.05) is 13.3 Å². The Bertz CT molecular complexity index is 750. The van der Waals surface area contributed by atoms with Crippen LogP contribution < -0.4 is 16.7 Å². The number of aromatic amines is 2. The normalized spacial score (nSPS) is 16.2. The summed E-state index contributed by atoms with van der Waals surface area (Å²) in [6.07, 6.45) is 2.90. The zero-order valence-electron chi connectivity index (χ0n) is 11.6. The molecule has 0 spiro atoms. The highest BCUT2D eigenvalue weighted by Gasteiger charge is 2.39. The van der Waals surface area contributed by atoms with E-state index in [2.05, 4.69) is 15.5 Å². The van der Waals surface area contributed by atoms with E-state index in [1.807, 2.05) is 6.92 Å². The summed E-state index contributed by atoms with van der Waals surface area (Å²) in [5.74, 6) is 0.0122. The molecule has 0 unspecified atom stereocenters. The van der Waals surface area contributed by atoms with Crippen LogP contribution in [0.1, 0.15) is 26.2 Å². The number of nitrogens with zero attached hydrogens (tertiary/aromatic N) is 1. The van der Waals surface area contributed by atoms with E-state index in [1.165, 1.54) is 0 Å². The molecular formula is C14H16N4O3. The van der Waals surface area contributed by atoms with Gasteiger partial charge in [-0.2, -0.15) is 0 Å². The van der Waals surface area contributed by atoms with E-state index < -0.39 is 11.4 Å². The highest BCUT2D eigenvalue weighted by atomic mass is 16.2. The lowest BCUT2D eigenvalue weighted by atomic mass is 9.70. The molecule has 7 nitrogen and oxygen atoms in total. The van der Waals surface area contributed by atoms with Crippen molar-refractivity contribution in [3.05, 3.63) is 45.2 Å². The zero-order valence-corrected chi connectivity index (χ0v) is 11.6. The number of anilines is 1. The fourth-order valence-electron chi connectivity index (χ4n) is 2.46. The van der Waals surface area contributed by atoms with Crippen molar-refractivity contribution in [1.29, 1.82) is 0 Å². The van der Waals surface area contributed by atoms with Crippen LogP contribution in [0.4, 0.5) is 5.69 Å². The lowest BCUT2D eigenvalue weighted by Crippen LogP contribution is -2.39. The lowest BCUT2D eigenvalue weighted by molar-refractivity contribution is -0.128. The smallest absolute Gasteiger partial charge is 0.326 e. The Morgan fingerprint density at radius 2 is 1.71 bits per heavy atom. The van der Waals surface area contributed by atoms with E-state index >= 15 is 0 Å². The molecule has 0 saturated heterocycles. The second kappa shape index (κ2) is 4.76. The van der Waals surface area contributed by atoms with Crippen molar-refractivity contribution in [2.24, 2.45) is 5.41 Å². The minimum atomic E-state index is -0.529. The summed E-state index contributed by atoms with van der Waals surface area (Å²) in [6, 6.07) is 6.58. The summed E-state index contributed by atoms with van der Waals surface area (Å²) in [5, 5.41) is 7.30. The summed E-state index contributed by atoms with van der Waals surface area (Å²) in [5.41, 5.74) is -0.238. The van der Waals surface area contributed by atoms with Gasteiger partial charge in [0.1, 0.15) is 0 Å². The largest absolute Gasteiger partial charge is 0.348 e. The van der Waals surface area contributed by atoms with Gasteiger partial charge < -0.3 is 5.32 Å². The van der Waals surface area contributed by atoms with Crippen molar-refractivity contribution >= 4 is 11.6 Å². The van der Waals surface area contributed by atoms with Gasteiger partial charge in [0, 0.05) is 11.1 Å². The first-order valence-electron chi connectivity index (χ1n) is 6.81. The van der Waals surface area contributed by atoms with E-state index in [4.69, 9.17) is 0 Å². The van der Waals surface area contributed by atoms with Crippen LogP contribution in [0.5, 0.6) is 0 Å². The molecule has 1 heterocycles. The van der Waals surface area contributed by atoms with E-state index in [0.29, 0.717) is 11.4 Å². The number of hydrogen-bond donors (Lipinski definition) is 3. The highest BCUT2D eigenvalue weighted by molar-refractivity contribution is 5.95. The lowest BCUT2D eigenvalue weighted by Gasteiger charge is -2.36. The molecule has 0 radical (unpaired) electrons. The van der Waals surface area contributed by atoms with Crippen LogP contribution in [0.15, 0.2) is 33.9 Å². The Morgan fingerprint density at radius 1 is 1.14 bits per heavy atom. The predicted molar refractivity (Wildman–Crippen MR) is 77.6 cm³/mol. The van der Waals surface area contributed by atoms with Crippen molar-refractivity contribution in [2.75, 3.05) is 5.32 Å². The van der Waals surface area contributed by atoms with E-state index in [0.717, 1.165) is 23.8 Å². The summed E-state index contributed by atoms with van der Waals surface area (Å²) < 4.78 is 0.985. The Kier molecular flexibility index (Phi) is 3.04. The van der Waals surface area contributed by atoms with Gasteiger partial charge in [-0.3, -0.25) is 4.79 Å². The van der Waals surface area contributed by atoms with E-state index in [-0.39, 0.29) is 11.3 Å². The van der Waals surface area contributed by atoms with Crippen LogP contribution in [-0.4, -0.2) is 20.7 Å². The monoisotopic (exact) mass is 288 g/mol. The molecule has 1 fully saturated rings. The molecule has 1 aliphatic carbocycles. The second-order valence-corrected chi connectivity index (χ2v) is 5.61. The van der Waals surface area contributed by atoms with Crippen molar-refractivity contribution in [2.45, 2.75) is 26.2 Å². The average molecular weight is 288 g/mol. The first-order valence-corrected chi connectivity index (χ1v) is 6.81. The number of amides is 1. The van der Waals surface area contributed by atoms with Gasteiger partial charge in [0.15, 0.2) is 0 Å². The van der Waals surface area contributed by atoms with Crippen LogP contribution in [0.2, 0.25) is 0 Å². The molecule has 1 amide bonds. The van der Waals surface area contributed by atoms with Gasteiger partial charge in [0.2, 0.25) is 5.91 Å². The standard InChI is InChI=1S/C14H16N4O3/c1-14(7-2-8-14)11(19)15-9-3-5-10(6-4-9)18-12(20)16-17-13(18)21/h3-6H,2,7-8H2,1H3,(H,15,19)(H,16,20)(H,17,21). The number of H-pyrrole nitrogens is 2. The third-order valence-corrected chi connectivity index (χ3v) is 4.07. The SMILES string of the molecule is CC1(C(=O)Nc2ccc(-n3c(=O)[nH][nH]c3=O)cc2)CCC1. The molecule has 0 aliphatic heterocycles. The van der Waals surface area contributed by atoms with Crippen molar-refractivity contribution in [3.63, 3.8) is 0 Å². The molecular weight excluding hydrogens is 272 g/mol. The van der Waals surface area contributed by atoms with Gasteiger partial charge in [0.05, 0.1) is 5.69 Å². The number of nitrogens with one attached hydrogen (secondary N) is 3. The van der Waals surface area contributed by atoms with Crippen LogP contribution in [0, 0.1) is 5.41 Å². The summed E-state index contributed by atoms with van der Waals surface area (Å²) in [6.45, 7) is 1.96. The summed E-state index contributed by atoms with van der Waals surface area (Å²) in [7, 11) is 0. The quantitative estimate of drug-likeness (QED) is 0.785. The predicted octanol–water partition coefficient (Wildman–Crippen LogP) is 0.983. The Balaban J connectivity index is 1.80. The molecule has 21 heavy (non-hydrogen) atoms. The maximum Gasteiger partial charge on any atom is 0.348 e. The van der Waals surface area contributed by atoms with Gasteiger partial charge in [-0.05, 0) is 37.1 Å². The molecule has 0 atom stereocenters. The number of benzene rings is 1. The minimum Gasteiger partial charge on any atom is -0.326 e. The Labute approximate surface area is 120 Å². The molecule has 1 aromatic heterocycles. The maximum atomic E-state index is 12.1. The van der Waals surface area contributed by atoms with Crippen molar-refractivity contribution in [1.82, 2.24) is 14.8 Å². The maximum absolute atomic E-state index is 12.1. The summed E-state index contributed by atoms with van der Waals surface area (Å²) >= 11 is 0. The number of hydrogen-bond acceptors (Lipinski definition) is 3. The summed E-state index contributed by atoms with van der Waals surface area (Å²) in [4.78, 5) is 35.1. The van der Waals surface area contributed by atoms with Gasteiger partial charge in [-0.15, -0.1) is 0 Å². The van der Waals surface area contributed by atoms with Crippen LogP contribution in [0.25, 0.3) is 5.69 Å². The second-order valence-electron chi connectivity index (χ2n) is 5.61. The Hall–Kier alpha value is -2.57. The third kappa shape index (κ3) is 2.31. The van der Waals surface area contributed by atoms with Gasteiger partial charge in [0.25, 0.3) is 0 Å². The molecule has 1 saturated carbocycles. The van der Waals surface area contributed by atoms with Gasteiger partial charge in [-0.25, -0.2) is 24.4 Å². The molecule has 110 valence electrons. The molecule has 3 N–H and O–H groups in total. The van der Waals surface area contributed by atoms with Crippen LogP contribution in [-0.2, 0) is 4.79 Å². The molecule has 2 aromatic rings. The molecule has 0 bridgehead atoms. The van der Waals surface area contributed by atoms with Crippen molar-refractivity contribution < 1.29 is 4.79 Å². The zero-order chi connectivity index (χ0) is 15.0. The van der Waals surface area contributed by atoms with Crippen LogP contribution >= 0.6 is 0 Å². The van der Waals surface area contributed by atoms with E-state index in [9.17, 15) is 14.4 Å². The minimum absolute atomic E-state index is 0.0122. The molecule has 1 aliphatic rings. The van der Waals surface area contributed by atoms with E-state index in [1.54, 1.807) is 24.3 Å². The number of carbonyl (C=O) groups excluding carboxylic acids is 1. The molecule has 3 rings (SSSR count). The third-order valence-electron chi connectivity index (χ3n) is 4.07. The first-order chi connectivity index (χ1) is 9.99. The highest BCUT2D eigenvalue weighted by Crippen LogP contribution is 2.41. The number of rotatable bonds is 3. The Morgan fingerprint density at radius 3 is 2.19 bits per heavy atom. The molecule has 7 heteroatoms. The number of carbonyl (C=O) groups is 1.